The van der Waals surface area contributed by atoms with E-state index in [1.807, 2.05) is 49.4 Å². The van der Waals surface area contributed by atoms with Crippen LogP contribution in [-0.2, 0) is 0 Å². The van der Waals surface area contributed by atoms with Gasteiger partial charge in [-0.05, 0) is 25.1 Å². The van der Waals surface area contributed by atoms with Gasteiger partial charge in [-0.3, -0.25) is 0 Å². The molecule has 0 bridgehead atoms. The van der Waals surface area contributed by atoms with Crippen molar-refractivity contribution in [2.24, 2.45) is 0 Å². The van der Waals surface area contributed by atoms with Crippen LogP contribution >= 0.6 is 0 Å². The Morgan fingerprint density at radius 3 is 2.41 bits per heavy atom. The van der Waals surface area contributed by atoms with Gasteiger partial charge in [0.15, 0.2) is 5.82 Å². The molecule has 3 rings (SSSR count). The third-order valence-corrected chi connectivity index (χ3v) is 2.96. The number of hydrogen-bond acceptors (Lipinski definition) is 5. The first-order valence-corrected chi connectivity index (χ1v) is 6.84. The summed E-state index contributed by atoms with van der Waals surface area (Å²) in [7, 11) is 1.58. The molecule has 3 aromatic rings. The Kier molecular flexibility index (Phi) is 3.96. The minimum atomic E-state index is 0.493. The largest absolute Gasteiger partial charge is 0.481 e. The van der Waals surface area contributed by atoms with Crippen molar-refractivity contribution in [1.82, 2.24) is 15.0 Å². The van der Waals surface area contributed by atoms with Gasteiger partial charge in [-0.1, -0.05) is 24.3 Å². The van der Waals surface area contributed by atoms with Gasteiger partial charge < -0.3 is 9.47 Å². The second-order valence-corrected chi connectivity index (χ2v) is 4.65. The molecule has 0 fully saturated rings. The standard InChI is InChI=1S/C17H15N3O2/c1-12-11-16(21-2)20-17(18-12)14-9-6-10-15(19-14)22-13-7-4-3-5-8-13/h3-11H,1-2H3. The summed E-state index contributed by atoms with van der Waals surface area (Å²) in [6.45, 7) is 1.89. The van der Waals surface area contributed by atoms with Crippen LogP contribution in [0.25, 0.3) is 11.5 Å². The summed E-state index contributed by atoms with van der Waals surface area (Å²) < 4.78 is 10.9. The summed E-state index contributed by atoms with van der Waals surface area (Å²) in [6.07, 6.45) is 0. The Labute approximate surface area is 128 Å². The molecule has 110 valence electrons. The minimum Gasteiger partial charge on any atom is -0.481 e. The maximum Gasteiger partial charge on any atom is 0.219 e. The van der Waals surface area contributed by atoms with Crippen LogP contribution in [0.15, 0.2) is 54.6 Å². The highest BCUT2D eigenvalue weighted by Crippen LogP contribution is 2.23. The van der Waals surface area contributed by atoms with Crippen LogP contribution in [0.3, 0.4) is 0 Å². The fourth-order valence-corrected chi connectivity index (χ4v) is 1.96. The topological polar surface area (TPSA) is 57.1 Å². The zero-order valence-electron chi connectivity index (χ0n) is 12.4. The van der Waals surface area contributed by atoms with Gasteiger partial charge in [0.25, 0.3) is 0 Å². The van der Waals surface area contributed by atoms with E-state index >= 15 is 0 Å². The molecular weight excluding hydrogens is 278 g/mol. The second kappa shape index (κ2) is 6.22. The van der Waals surface area contributed by atoms with Gasteiger partial charge in [0.2, 0.25) is 11.8 Å². The molecule has 2 aromatic heterocycles. The molecule has 0 saturated carbocycles. The molecule has 0 atom stereocenters. The van der Waals surface area contributed by atoms with Crippen LogP contribution in [0.4, 0.5) is 0 Å². The number of rotatable bonds is 4. The van der Waals surface area contributed by atoms with E-state index in [2.05, 4.69) is 15.0 Å². The number of aromatic nitrogens is 3. The van der Waals surface area contributed by atoms with E-state index in [1.54, 1.807) is 19.2 Å². The van der Waals surface area contributed by atoms with Crippen LogP contribution < -0.4 is 9.47 Å². The van der Waals surface area contributed by atoms with Crippen molar-refractivity contribution in [1.29, 1.82) is 0 Å². The van der Waals surface area contributed by atoms with Crippen molar-refractivity contribution in [3.05, 3.63) is 60.3 Å². The molecule has 0 aliphatic heterocycles. The maximum absolute atomic E-state index is 5.73. The number of nitrogens with zero attached hydrogens (tertiary/aromatic N) is 3. The van der Waals surface area contributed by atoms with Crippen molar-refractivity contribution >= 4 is 0 Å². The first-order chi connectivity index (χ1) is 10.7. The van der Waals surface area contributed by atoms with Crippen LogP contribution in [0.2, 0.25) is 0 Å². The molecule has 5 nitrogen and oxygen atoms in total. The lowest BCUT2D eigenvalue weighted by Gasteiger charge is -2.07. The SMILES string of the molecule is COc1cc(C)nc(-c2cccc(Oc3ccccc3)n2)n1. The molecule has 22 heavy (non-hydrogen) atoms. The van der Waals surface area contributed by atoms with Crippen molar-refractivity contribution in [2.75, 3.05) is 7.11 Å². The highest BCUT2D eigenvalue weighted by atomic mass is 16.5. The van der Waals surface area contributed by atoms with Gasteiger partial charge >= 0.3 is 0 Å². The predicted molar refractivity (Wildman–Crippen MR) is 83.1 cm³/mol. The average molecular weight is 293 g/mol. The number of pyridine rings is 1. The number of ether oxygens (including phenoxy) is 2. The monoisotopic (exact) mass is 293 g/mol. The molecule has 1 aromatic carbocycles. The molecular formula is C17H15N3O2. The number of aryl methyl sites for hydroxylation is 1. The maximum atomic E-state index is 5.73. The van der Waals surface area contributed by atoms with Crippen LogP contribution in [0.5, 0.6) is 17.5 Å². The lowest BCUT2D eigenvalue weighted by atomic mass is 10.3. The molecule has 2 heterocycles. The zero-order valence-corrected chi connectivity index (χ0v) is 12.4. The summed E-state index contributed by atoms with van der Waals surface area (Å²) in [4.78, 5) is 13.2. The summed E-state index contributed by atoms with van der Waals surface area (Å²) in [5.41, 5.74) is 1.45. The summed E-state index contributed by atoms with van der Waals surface area (Å²) in [6, 6.07) is 16.8. The average Bonchev–Trinajstić information content (AvgIpc) is 2.55. The quantitative estimate of drug-likeness (QED) is 0.735. The second-order valence-electron chi connectivity index (χ2n) is 4.65. The highest BCUT2D eigenvalue weighted by Gasteiger charge is 2.08. The van der Waals surface area contributed by atoms with Crippen molar-refractivity contribution < 1.29 is 9.47 Å². The van der Waals surface area contributed by atoms with Crippen LogP contribution in [0.1, 0.15) is 5.69 Å². The third kappa shape index (κ3) is 3.20. The predicted octanol–water partition coefficient (Wildman–Crippen LogP) is 3.65. The summed E-state index contributed by atoms with van der Waals surface area (Å²) in [5.74, 6) is 2.25. The van der Waals surface area contributed by atoms with Gasteiger partial charge in [-0.25, -0.2) is 9.97 Å². The van der Waals surface area contributed by atoms with Crippen molar-refractivity contribution in [3.8, 4) is 29.0 Å². The molecule has 0 amide bonds. The first kappa shape index (κ1) is 14.0. The Morgan fingerprint density at radius 1 is 0.818 bits per heavy atom. The normalized spacial score (nSPS) is 10.3. The summed E-state index contributed by atoms with van der Waals surface area (Å²) >= 11 is 0. The Morgan fingerprint density at radius 2 is 1.64 bits per heavy atom. The molecule has 0 unspecified atom stereocenters. The van der Waals surface area contributed by atoms with E-state index in [4.69, 9.17) is 9.47 Å². The molecule has 5 heteroatoms. The van der Waals surface area contributed by atoms with E-state index in [0.29, 0.717) is 23.3 Å². The van der Waals surface area contributed by atoms with Gasteiger partial charge in [-0.2, -0.15) is 4.98 Å². The molecule has 0 aliphatic carbocycles. The van der Waals surface area contributed by atoms with E-state index in [1.165, 1.54) is 0 Å². The highest BCUT2D eigenvalue weighted by molar-refractivity contribution is 5.51. The molecule has 0 aliphatic rings. The number of para-hydroxylation sites is 1. The number of methoxy groups -OCH3 is 1. The fraction of sp³-hybridized carbons (Fsp3) is 0.118. The Bertz CT molecular complexity index is 776. The Balaban J connectivity index is 1.92. The first-order valence-electron chi connectivity index (χ1n) is 6.84. The van der Waals surface area contributed by atoms with Gasteiger partial charge in [-0.15, -0.1) is 0 Å². The van der Waals surface area contributed by atoms with E-state index < -0.39 is 0 Å². The van der Waals surface area contributed by atoms with Gasteiger partial charge in [0.05, 0.1) is 7.11 Å². The molecule has 0 spiro atoms. The fourth-order valence-electron chi connectivity index (χ4n) is 1.96. The van der Waals surface area contributed by atoms with Gasteiger partial charge in [0, 0.05) is 17.8 Å². The Hall–Kier alpha value is -2.95. The van der Waals surface area contributed by atoms with Gasteiger partial charge in [0.1, 0.15) is 11.4 Å². The molecule has 0 N–H and O–H groups in total. The smallest absolute Gasteiger partial charge is 0.219 e. The molecule has 0 saturated heterocycles. The summed E-state index contributed by atoms with van der Waals surface area (Å²) in [5, 5.41) is 0. The van der Waals surface area contributed by atoms with Crippen LogP contribution in [-0.4, -0.2) is 22.1 Å². The van der Waals surface area contributed by atoms with Crippen molar-refractivity contribution in [2.45, 2.75) is 6.92 Å². The third-order valence-electron chi connectivity index (χ3n) is 2.96. The van der Waals surface area contributed by atoms with E-state index in [0.717, 1.165) is 11.4 Å². The minimum absolute atomic E-state index is 0.493. The lowest BCUT2D eigenvalue weighted by Crippen LogP contribution is -1.98. The zero-order chi connectivity index (χ0) is 15.4. The lowest BCUT2D eigenvalue weighted by molar-refractivity contribution is 0.397. The number of benzene rings is 1. The van der Waals surface area contributed by atoms with E-state index in [9.17, 15) is 0 Å². The van der Waals surface area contributed by atoms with Crippen LogP contribution in [0, 0.1) is 6.92 Å². The molecule has 0 radical (unpaired) electrons. The van der Waals surface area contributed by atoms with Crippen molar-refractivity contribution in [3.63, 3.8) is 0 Å². The number of hydrogen-bond donors (Lipinski definition) is 0. The van der Waals surface area contributed by atoms with E-state index in [-0.39, 0.29) is 0 Å².